The highest BCUT2D eigenvalue weighted by atomic mass is 16.1. The molecule has 4 N–H and O–H groups in total. The maximum absolute atomic E-state index is 10.9. The van der Waals surface area contributed by atoms with Crippen LogP contribution in [0, 0.1) is 6.92 Å². The van der Waals surface area contributed by atoms with E-state index in [1.807, 2.05) is 25.1 Å². The van der Waals surface area contributed by atoms with E-state index in [2.05, 4.69) is 10.6 Å². The third-order valence-electron chi connectivity index (χ3n) is 2.24. The number of rotatable bonds is 4. The molecule has 1 aromatic carbocycles. The molecular formula is C11H17N3O. The minimum Gasteiger partial charge on any atom is -0.398 e. The summed E-state index contributed by atoms with van der Waals surface area (Å²) in [6.07, 6.45) is 0.463. The number of nitrogens with one attached hydrogen (secondary N) is 2. The van der Waals surface area contributed by atoms with Gasteiger partial charge >= 0.3 is 0 Å². The Kier molecular flexibility index (Phi) is 3.97. The van der Waals surface area contributed by atoms with Gasteiger partial charge in [-0.1, -0.05) is 6.07 Å². The molecule has 0 spiro atoms. The Bertz CT molecular complexity index is 350. The zero-order valence-electron chi connectivity index (χ0n) is 9.13. The summed E-state index contributed by atoms with van der Waals surface area (Å²) in [7, 11) is 1.63. The molecule has 0 saturated carbocycles. The summed E-state index contributed by atoms with van der Waals surface area (Å²) in [6.45, 7) is 2.58. The number of carbonyl (C=O) groups is 1. The number of amides is 1. The van der Waals surface area contributed by atoms with Crippen molar-refractivity contribution in [3.05, 3.63) is 23.8 Å². The minimum absolute atomic E-state index is 0.0302. The van der Waals surface area contributed by atoms with E-state index < -0.39 is 0 Å². The lowest BCUT2D eigenvalue weighted by Gasteiger charge is -2.07. The van der Waals surface area contributed by atoms with E-state index in [1.165, 1.54) is 0 Å². The number of anilines is 2. The van der Waals surface area contributed by atoms with Crippen LogP contribution in [0.15, 0.2) is 18.2 Å². The highest BCUT2D eigenvalue weighted by Gasteiger charge is 1.98. The van der Waals surface area contributed by atoms with Gasteiger partial charge < -0.3 is 16.4 Å². The monoisotopic (exact) mass is 207 g/mol. The van der Waals surface area contributed by atoms with Crippen molar-refractivity contribution in [2.45, 2.75) is 13.3 Å². The average molecular weight is 207 g/mol. The van der Waals surface area contributed by atoms with Crippen molar-refractivity contribution >= 4 is 17.3 Å². The van der Waals surface area contributed by atoms with Crippen LogP contribution >= 0.6 is 0 Å². The van der Waals surface area contributed by atoms with Crippen LogP contribution in [0.4, 0.5) is 11.4 Å². The highest BCUT2D eigenvalue weighted by molar-refractivity contribution is 5.76. The van der Waals surface area contributed by atoms with E-state index in [0.29, 0.717) is 13.0 Å². The van der Waals surface area contributed by atoms with Crippen LogP contribution in [0.2, 0.25) is 0 Å². The van der Waals surface area contributed by atoms with Gasteiger partial charge in [-0.25, -0.2) is 0 Å². The minimum atomic E-state index is 0.0302. The predicted molar refractivity (Wildman–Crippen MR) is 62.8 cm³/mol. The first kappa shape index (κ1) is 11.4. The van der Waals surface area contributed by atoms with Crippen LogP contribution < -0.4 is 16.4 Å². The van der Waals surface area contributed by atoms with Crippen molar-refractivity contribution in [2.75, 3.05) is 24.6 Å². The van der Waals surface area contributed by atoms with Gasteiger partial charge in [0.25, 0.3) is 0 Å². The van der Waals surface area contributed by atoms with Crippen molar-refractivity contribution in [1.29, 1.82) is 0 Å². The number of hydrogen-bond donors (Lipinski definition) is 3. The molecular weight excluding hydrogens is 190 g/mol. The number of hydrogen-bond acceptors (Lipinski definition) is 3. The van der Waals surface area contributed by atoms with E-state index in [-0.39, 0.29) is 5.91 Å². The molecule has 82 valence electrons. The molecule has 0 aromatic heterocycles. The van der Waals surface area contributed by atoms with Crippen LogP contribution in [0.25, 0.3) is 0 Å². The topological polar surface area (TPSA) is 67.2 Å². The smallest absolute Gasteiger partial charge is 0.221 e. The van der Waals surface area contributed by atoms with Gasteiger partial charge in [0.05, 0.1) is 0 Å². The SMILES string of the molecule is CNC(=O)CCNc1ccc(C)c(N)c1. The van der Waals surface area contributed by atoms with Gasteiger partial charge in [-0.15, -0.1) is 0 Å². The Morgan fingerprint density at radius 1 is 1.47 bits per heavy atom. The normalized spacial score (nSPS) is 9.73. The van der Waals surface area contributed by atoms with Crippen LogP contribution in [-0.2, 0) is 4.79 Å². The van der Waals surface area contributed by atoms with Crippen molar-refractivity contribution in [3.63, 3.8) is 0 Å². The molecule has 0 saturated heterocycles. The molecule has 0 aliphatic rings. The second kappa shape index (κ2) is 5.24. The molecule has 0 aliphatic carbocycles. The van der Waals surface area contributed by atoms with Gasteiger partial charge in [0.2, 0.25) is 5.91 Å². The van der Waals surface area contributed by atoms with E-state index in [4.69, 9.17) is 5.73 Å². The first-order valence-corrected chi connectivity index (χ1v) is 4.94. The Morgan fingerprint density at radius 2 is 2.20 bits per heavy atom. The summed E-state index contributed by atoms with van der Waals surface area (Å²) in [5, 5.41) is 5.71. The fourth-order valence-electron chi connectivity index (χ4n) is 1.20. The lowest BCUT2D eigenvalue weighted by molar-refractivity contribution is -0.120. The van der Waals surface area contributed by atoms with Gasteiger partial charge in [0, 0.05) is 31.4 Å². The molecule has 15 heavy (non-hydrogen) atoms. The fraction of sp³-hybridized carbons (Fsp3) is 0.364. The second-order valence-corrected chi connectivity index (χ2v) is 3.42. The van der Waals surface area contributed by atoms with Crippen LogP contribution in [0.5, 0.6) is 0 Å². The molecule has 0 unspecified atom stereocenters. The summed E-state index contributed by atoms with van der Waals surface area (Å²) < 4.78 is 0. The molecule has 1 aromatic rings. The van der Waals surface area contributed by atoms with Gasteiger partial charge in [0.15, 0.2) is 0 Å². The zero-order chi connectivity index (χ0) is 11.3. The molecule has 0 radical (unpaired) electrons. The fourth-order valence-corrected chi connectivity index (χ4v) is 1.20. The Morgan fingerprint density at radius 3 is 2.80 bits per heavy atom. The first-order chi connectivity index (χ1) is 7.13. The van der Waals surface area contributed by atoms with E-state index >= 15 is 0 Å². The summed E-state index contributed by atoms with van der Waals surface area (Å²) in [4.78, 5) is 10.9. The standard InChI is InChI=1S/C11H17N3O/c1-8-3-4-9(7-10(8)12)14-6-5-11(15)13-2/h3-4,7,14H,5-6,12H2,1-2H3,(H,13,15). The summed E-state index contributed by atoms with van der Waals surface area (Å²) in [5.41, 5.74) is 8.53. The number of nitrogen functional groups attached to an aromatic ring is 1. The van der Waals surface area contributed by atoms with E-state index in [1.54, 1.807) is 7.05 Å². The van der Waals surface area contributed by atoms with Gasteiger partial charge in [-0.3, -0.25) is 4.79 Å². The number of carbonyl (C=O) groups excluding carboxylic acids is 1. The molecule has 0 atom stereocenters. The van der Waals surface area contributed by atoms with Crippen molar-refractivity contribution in [1.82, 2.24) is 5.32 Å². The lowest BCUT2D eigenvalue weighted by Crippen LogP contribution is -2.20. The van der Waals surface area contributed by atoms with Crippen molar-refractivity contribution in [3.8, 4) is 0 Å². The van der Waals surface area contributed by atoms with Crippen molar-refractivity contribution in [2.24, 2.45) is 0 Å². The van der Waals surface area contributed by atoms with Crippen LogP contribution in [-0.4, -0.2) is 19.5 Å². The molecule has 0 bridgehead atoms. The molecule has 1 rings (SSSR count). The largest absolute Gasteiger partial charge is 0.398 e. The Hall–Kier alpha value is -1.71. The number of aryl methyl sites for hydroxylation is 1. The third-order valence-corrected chi connectivity index (χ3v) is 2.24. The summed E-state index contributed by atoms with van der Waals surface area (Å²) in [5.74, 6) is 0.0302. The van der Waals surface area contributed by atoms with Crippen LogP contribution in [0.1, 0.15) is 12.0 Å². The molecule has 4 nitrogen and oxygen atoms in total. The maximum atomic E-state index is 10.9. The Balaban J connectivity index is 2.44. The zero-order valence-corrected chi connectivity index (χ0v) is 9.13. The van der Waals surface area contributed by atoms with E-state index in [9.17, 15) is 4.79 Å². The second-order valence-electron chi connectivity index (χ2n) is 3.42. The molecule has 0 fully saturated rings. The molecule has 0 heterocycles. The first-order valence-electron chi connectivity index (χ1n) is 4.94. The number of benzene rings is 1. The van der Waals surface area contributed by atoms with Gasteiger partial charge in [0.1, 0.15) is 0 Å². The van der Waals surface area contributed by atoms with E-state index in [0.717, 1.165) is 16.9 Å². The van der Waals surface area contributed by atoms with Crippen molar-refractivity contribution < 1.29 is 4.79 Å². The molecule has 0 aliphatic heterocycles. The summed E-state index contributed by atoms with van der Waals surface area (Å²) >= 11 is 0. The average Bonchev–Trinajstić information content (AvgIpc) is 2.23. The highest BCUT2D eigenvalue weighted by Crippen LogP contribution is 2.16. The maximum Gasteiger partial charge on any atom is 0.221 e. The van der Waals surface area contributed by atoms with Gasteiger partial charge in [-0.05, 0) is 24.6 Å². The third kappa shape index (κ3) is 3.50. The van der Waals surface area contributed by atoms with Gasteiger partial charge in [-0.2, -0.15) is 0 Å². The lowest BCUT2D eigenvalue weighted by atomic mass is 10.2. The quantitative estimate of drug-likeness (QED) is 0.648. The number of nitrogens with two attached hydrogens (primary N) is 1. The Labute approximate surface area is 89.9 Å². The van der Waals surface area contributed by atoms with Crippen LogP contribution in [0.3, 0.4) is 0 Å². The predicted octanol–water partition coefficient (Wildman–Crippen LogP) is 1.13. The molecule has 4 heteroatoms. The summed E-state index contributed by atoms with van der Waals surface area (Å²) in [6, 6.07) is 5.78. The molecule has 1 amide bonds.